The molecule has 0 aromatic heterocycles. The lowest BCUT2D eigenvalue weighted by molar-refractivity contribution is 0.101. The molecule has 1 amide bonds. The molecule has 0 spiro atoms. The minimum atomic E-state index is -0.271. The monoisotopic (exact) mass is 376 g/mol. The first kappa shape index (κ1) is 17.7. The molecule has 2 saturated carbocycles. The van der Waals surface area contributed by atoms with E-state index in [0.717, 1.165) is 31.2 Å². The van der Waals surface area contributed by atoms with Crippen LogP contribution in [0.1, 0.15) is 42.7 Å². The van der Waals surface area contributed by atoms with E-state index in [1.165, 1.54) is 35.1 Å². The summed E-state index contributed by atoms with van der Waals surface area (Å²) in [5.41, 5.74) is 10.7. The van der Waals surface area contributed by atoms with Crippen molar-refractivity contribution < 1.29 is 9.53 Å². The summed E-state index contributed by atoms with van der Waals surface area (Å²) in [6.45, 7) is 1.16. The second-order valence-corrected chi connectivity index (χ2v) is 8.65. The summed E-state index contributed by atoms with van der Waals surface area (Å²) < 4.78 is 5.70. The molecular weight excluding hydrogens is 348 g/mol. The van der Waals surface area contributed by atoms with Crippen LogP contribution in [-0.2, 0) is 4.74 Å². The molecule has 4 unspecified atom stereocenters. The number of alkyl carbamates (subject to hydrolysis) is 1. The fourth-order valence-corrected chi connectivity index (χ4v) is 5.77. The van der Waals surface area contributed by atoms with Crippen LogP contribution in [0.3, 0.4) is 0 Å². The molecule has 3 N–H and O–H groups in total. The Morgan fingerprint density at radius 3 is 2.36 bits per heavy atom. The number of amides is 1. The zero-order valence-corrected chi connectivity index (χ0v) is 16.1. The van der Waals surface area contributed by atoms with Crippen molar-refractivity contribution in [2.75, 3.05) is 13.2 Å². The first-order valence-corrected chi connectivity index (χ1v) is 10.6. The van der Waals surface area contributed by atoms with E-state index in [1.807, 2.05) is 0 Å². The van der Waals surface area contributed by atoms with Crippen molar-refractivity contribution in [1.82, 2.24) is 5.32 Å². The lowest BCUT2D eigenvalue weighted by Crippen LogP contribution is -2.50. The Morgan fingerprint density at radius 1 is 1.00 bits per heavy atom. The zero-order chi connectivity index (χ0) is 19.1. The third kappa shape index (κ3) is 3.00. The van der Waals surface area contributed by atoms with Crippen LogP contribution in [0.2, 0.25) is 0 Å². The largest absolute Gasteiger partial charge is 0.449 e. The number of fused-ring (bicyclic) bond motifs is 4. The molecule has 2 aromatic rings. The molecule has 146 valence electrons. The molecule has 4 atom stereocenters. The van der Waals surface area contributed by atoms with Crippen LogP contribution >= 0.6 is 0 Å². The van der Waals surface area contributed by atoms with Gasteiger partial charge in [0.2, 0.25) is 0 Å². The maximum Gasteiger partial charge on any atom is 0.407 e. The van der Waals surface area contributed by atoms with E-state index in [2.05, 4.69) is 53.8 Å². The van der Waals surface area contributed by atoms with Crippen LogP contribution in [0.25, 0.3) is 11.1 Å². The van der Waals surface area contributed by atoms with Crippen molar-refractivity contribution in [2.45, 2.75) is 37.6 Å². The first-order chi connectivity index (χ1) is 13.7. The number of ether oxygens (including phenoxy) is 1. The minimum Gasteiger partial charge on any atom is -0.449 e. The predicted molar refractivity (Wildman–Crippen MR) is 110 cm³/mol. The van der Waals surface area contributed by atoms with Crippen LogP contribution in [0.4, 0.5) is 4.79 Å². The molecule has 0 saturated heterocycles. The molecule has 4 heteroatoms. The number of benzene rings is 2. The molecular formula is C24H28N2O2. The molecule has 2 fully saturated rings. The summed E-state index contributed by atoms with van der Waals surface area (Å²) >= 11 is 0. The molecule has 0 bridgehead atoms. The highest BCUT2D eigenvalue weighted by Crippen LogP contribution is 2.50. The van der Waals surface area contributed by atoms with E-state index in [4.69, 9.17) is 10.5 Å². The molecule has 0 aliphatic heterocycles. The highest BCUT2D eigenvalue weighted by molar-refractivity contribution is 5.79. The first-order valence-electron chi connectivity index (χ1n) is 10.6. The summed E-state index contributed by atoms with van der Waals surface area (Å²) in [5.74, 6) is 2.26. The standard InChI is InChI=1S/C24H28N2O2/c25-10-9-15-11-16-13-23(21(16)12-15)26-24(27)28-14-22-19-7-3-1-5-17(19)18-6-2-4-8-20(18)22/h1-8,15-16,21-23H,9-14,25H2,(H,26,27). The summed E-state index contributed by atoms with van der Waals surface area (Å²) in [6.07, 6.45) is 4.43. The van der Waals surface area contributed by atoms with Gasteiger partial charge in [0.25, 0.3) is 0 Å². The third-order valence-electron chi connectivity index (χ3n) is 7.14. The second-order valence-electron chi connectivity index (χ2n) is 8.65. The summed E-state index contributed by atoms with van der Waals surface area (Å²) in [6, 6.07) is 17.1. The van der Waals surface area contributed by atoms with E-state index in [-0.39, 0.29) is 18.1 Å². The molecule has 2 aromatic carbocycles. The maximum atomic E-state index is 12.5. The predicted octanol–water partition coefficient (Wildman–Crippen LogP) is 4.29. The molecule has 3 aliphatic rings. The van der Waals surface area contributed by atoms with E-state index in [0.29, 0.717) is 12.5 Å². The number of nitrogens with one attached hydrogen (secondary N) is 1. The van der Waals surface area contributed by atoms with Gasteiger partial charge >= 0.3 is 6.09 Å². The number of nitrogens with two attached hydrogens (primary N) is 1. The van der Waals surface area contributed by atoms with Crippen molar-refractivity contribution in [1.29, 1.82) is 0 Å². The van der Waals surface area contributed by atoms with E-state index in [9.17, 15) is 4.79 Å². The van der Waals surface area contributed by atoms with E-state index < -0.39 is 0 Å². The SMILES string of the molecule is NCCC1CC2CC(NC(=O)OCC3c4ccccc4-c4ccccc43)C2C1. The summed E-state index contributed by atoms with van der Waals surface area (Å²) in [4.78, 5) is 12.5. The van der Waals surface area contributed by atoms with Gasteiger partial charge in [-0.25, -0.2) is 4.79 Å². The molecule has 0 radical (unpaired) electrons. The van der Waals surface area contributed by atoms with Gasteiger partial charge in [-0.15, -0.1) is 0 Å². The van der Waals surface area contributed by atoms with Crippen LogP contribution < -0.4 is 11.1 Å². The topological polar surface area (TPSA) is 64.3 Å². The van der Waals surface area contributed by atoms with Crippen molar-refractivity contribution in [2.24, 2.45) is 23.5 Å². The number of hydrogen-bond acceptors (Lipinski definition) is 3. The lowest BCUT2D eigenvalue weighted by Gasteiger charge is -2.40. The third-order valence-corrected chi connectivity index (χ3v) is 7.14. The summed E-state index contributed by atoms with van der Waals surface area (Å²) in [7, 11) is 0. The van der Waals surface area contributed by atoms with Gasteiger partial charge in [0.15, 0.2) is 0 Å². The van der Waals surface area contributed by atoms with Crippen LogP contribution in [0.15, 0.2) is 48.5 Å². The van der Waals surface area contributed by atoms with Crippen LogP contribution in [0.5, 0.6) is 0 Å². The smallest absolute Gasteiger partial charge is 0.407 e. The van der Waals surface area contributed by atoms with Gasteiger partial charge in [0.05, 0.1) is 0 Å². The fourth-order valence-electron chi connectivity index (χ4n) is 5.77. The van der Waals surface area contributed by atoms with Gasteiger partial charge in [0.1, 0.15) is 6.61 Å². The van der Waals surface area contributed by atoms with Gasteiger partial charge in [-0.1, -0.05) is 48.5 Å². The van der Waals surface area contributed by atoms with Crippen molar-refractivity contribution in [3.63, 3.8) is 0 Å². The molecule has 28 heavy (non-hydrogen) atoms. The number of rotatable bonds is 5. The maximum absolute atomic E-state index is 12.5. The zero-order valence-electron chi connectivity index (χ0n) is 16.1. The average Bonchev–Trinajstić information content (AvgIpc) is 3.20. The van der Waals surface area contributed by atoms with Gasteiger partial charge < -0.3 is 15.8 Å². The fraction of sp³-hybridized carbons (Fsp3) is 0.458. The Balaban J connectivity index is 1.20. The summed E-state index contributed by atoms with van der Waals surface area (Å²) in [5, 5.41) is 3.13. The van der Waals surface area contributed by atoms with Crippen molar-refractivity contribution >= 4 is 6.09 Å². The minimum absolute atomic E-state index is 0.118. The highest BCUT2D eigenvalue weighted by Gasteiger charge is 2.47. The normalized spacial score (nSPS) is 27.5. The van der Waals surface area contributed by atoms with E-state index >= 15 is 0 Å². The van der Waals surface area contributed by atoms with Gasteiger partial charge in [-0.3, -0.25) is 0 Å². The highest BCUT2D eigenvalue weighted by atomic mass is 16.5. The van der Waals surface area contributed by atoms with Crippen molar-refractivity contribution in [3.8, 4) is 11.1 Å². The number of carbonyl (C=O) groups excluding carboxylic acids is 1. The Bertz CT molecular complexity index is 835. The Kier molecular flexibility index (Phi) is 4.59. The Hall–Kier alpha value is -2.33. The van der Waals surface area contributed by atoms with E-state index in [1.54, 1.807) is 0 Å². The van der Waals surface area contributed by atoms with Gasteiger partial charge in [-0.05, 0) is 72.2 Å². The van der Waals surface area contributed by atoms with Crippen LogP contribution in [-0.4, -0.2) is 25.3 Å². The number of carbonyl (C=O) groups is 1. The van der Waals surface area contributed by atoms with Gasteiger partial charge in [0, 0.05) is 12.0 Å². The lowest BCUT2D eigenvalue weighted by atomic mass is 9.71. The van der Waals surface area contributed by atoms with Crippen molar-refractivity contribution in [3.05, 3.63) is 59.7 Å². The number of hydrogen-bond donors (Lipinski definition) is 2. The molecule has 3 aliphatic carbocycles. The van der Waals surface area contributed by atoms with Gasteiger partial charge in [-0.2, -0.15) is 0 Å². The Morgan fingerprint density at radius 2 is 1.68 bits per heavy atom. The molecule has 4 nitrogen and oxygen atoms in total. The molecule has 0 heterocycles. The second kappa shape index (κ2) is 7.25. The van der Waals surface area contributed by atoms with Crippen LogP contribution in [0, 0.1) is 17.8 Å². The quantitative estimate of drug-likeness (QED) is 0.818. The Labute approximate surface area is 166 Å². The molecule has 5 rings (SSSR count). The average molecular weight is 377 g/mol.